The summed E-state index contributed by atoms with van der Waals surface area (Å²) < 4.78 is 16.3. The largest absolute Gasteiger partial charge is 0.384 e. The Hall–Kier alpha value is -1.94. The van der Waals surface area contributed by atoms with Crippen molar-refractivity contribution in [3.05, 3.63) is 12.2 Å². The summed E-state index contributed by atoms with van der Waals surface area (Å²) in [5.74, 6) is 0.560. The van der Waals surface area contributed by atoms with Crippen LogP contribution in [0.4, 0.5) is 0 Å². The molecule has 75 heavy (non-hydrogen) atoms. The Morgan fingerprint density at radius 1 is 0.453 bits per heavy atom. The van der Waals surface area contributed by atoms with Gasteiger partial charge in [0.05, 0.1) is 19.3 Å². The van der Waals surface area contributed by atoms with Gasteiger partial charge in [-0.25, -0.2) is 0 Å². The van der Waals surface area contributed by atoms with E-state index >= 15 is 0 Å². The Balaban J connectivity index is -0.000000968. The number of likely N-dealkylation sites (tertiary alicyclic amines) is 1. The Morgan fingerprint density at radius 3 is 1.16 bits per heavy atom. The number of nitrogens with zero attached hydrogens (tertiary/aromatic N) is 2. The number of unbranched alkanes of at least 4 members (excludes halogenated alkanes) is 32. The minimum Gasteiger partial charge on any atom is -0.384 e. The zero-order valence-corrected chi connectivity index (χ0v) is 51.4. The summed E-state index contributed by atoms with van der Waals surface area (Å²) in [6, 6.07) is 0. The minimum atomic E-state index is 0.250. The second-order valence-electron chi connectivity index (χ2n) is 21.9. The SMILES string of the molecule is CCCCCCCC/C=C\CCCCCCCC=O.CCCCCCCCC(=O)N(CCCN1CCCC1)CC(COC)COC.CCCCCCCCC(CCCCCCCC)OC.O=CCCCCCCC=O. The van der Waals surface area contributed by atoms with Crippen LogP contribution in [0.25, 0.3) is 0 Å². The van der Waals surface area contributed by atoms with Gasteiger partial charge in [0.15, 0.2) is 0 Å². The molecule has 0 radical (unpaired) electrons. The summed E-state index contributed by atoms with van der Waals surface area (Å²) in [7, 11) is 5.33. The summed E-state index contributed by atoms with van der Waals surface area (Å²) in [6.07, 6.45) is 62.4. The van der Waals surface area contributed by atoms with Crippen LogP contribution >= 0.6 is 0 Å². The fourth-order valence-electron chi connectivity index (χ4n) is 9.75. The van der Waals surface area contributed by atoms with Gasteiger partial charge in [0.25, 0.3) is 0 Å². The van der Waals surface area contributed by atoms with Crippen molar-refractivity contribution in [2.45, 2.75) is 316 Å². The van der Waals surface area contributed by atoms with Crippen LogP contribution in [0.5, 0.6) is 0 Å². The van der Waals surface area contributed by atoms with Gasteiger partial charge in [0, 0.05) is 66.0 Å². The van der Waals surface area contributed by atoms with Gasteiger partial charge in [-0.3, -0.25) is 4.79 Å². The predicted octanol–water partition coefficient (Wildman–Crippen LogP) is 18.4. The van der Waals surface area contributed by atoms with Crippen molar-refractivity contribution >= 4 is 24.8 Å². The molecule has 1 rings (SSSR count). The third-order valence-electron chi connectivity index (χ3n) is 14.6. The number of rotatable bonds is 54. The lowest BCUT2D eigenvalue weighted by molar-refractivity contribution is -0.132. The van der Waals surface area contributed by atoms with Crippen molar-refractivity contribution in [1.82, 2.24) is 9.80 Å². The summed E-state index contributed by atoms with van der Waals surface area (Å²) >= 11 is 0. The molecule has 0 saturated carbocycles. The van der Waals surface area contributed by atoms with E-state index in [-0.39, 0.29) is 5.92 Å². The third-order valence-corrected chi connectivity index (χ3v) is 14.6. The highest BCUT2D eigenvalue weighted by Crippen LogP contribution is 2.17. The molecule has 446 valence electrons. The second kappa shape index (κ2) is 70.1. The van der Waals surface area contributed by atoms with E-state index in [0.717, 1.165) is 89.9 Å². The van der Waals surface area contributed by atoms with Gasteiger partial charge in [0.1, 0.15) is 18.9 Å². The highest BCUT2D eigenvalue weighted by atomic mass is 16.5. The molecule has 0 aliphatic carbocycles. The maximum absolute atomic E-state index is 12.8. The smallest absolute Gasteiger partial charge is 0.222 e. The normalized spacial score (nSPS) is 12.3. The highest BCUT2D eigenvalue weighted by Gasteiger charge is 2.20. The topological polar surface area (TPSA) is 102 Å². The van der Waals surface area contributed by atoms with E-state index in [2.05, 4.69) is 49.6 Å². The van der Waals surface area contributed by atoms with Crippen molar-refractivity contribution in [2.75, 3.05) is 67.3 Å². The quantitative estimate of drug-likeness (QED) is 0.0337. The molecule has 0 aromatic carbocycles. The molecular formula is C66H130N2O7. The molecule has 0 N–H and O–H groups in total. The van der Waals surface area contributed by atoms with Crippen molar-refractivity contribution in [3.8, 4) is 0 Å². The van der Waals surface area contributed by atoms with Crippen molar-refractivity contribution in [2.24, 2.45) is 5.92 Å². The maximum atomic E-state index is 12.8. The molecule has 9 nitrogen and oxygen atoms in total. The Labute approximate surface area is 467 Å². The first-order valence-electron chi connectivity index (χ1n) is 32.4. The van der Waals surface area contributed by atoms with Crippen LogP contribution in [0.3, 0.4) is 0 Å². The molecule has 9 heteroatoms. The van der Waals surface area contributed by atoms with Gasteiger partial charge in [0.2, 0.25) is 5.91 Å². The van der Waals surface area contributed by atoms with E-state index in [4.69, 9.17) is 14.2 Å². The maximum Gasteiger partial charge on any atom is 0.222 e. The number of allylic oxidation sites excluding steroid dienone is 2. The molecule has 0 atom stereocenters. The van der Waals surface area contributed by atoms with Crippen LogP contribution in [-0.4, -0.2) is 108 Å². The molecule has 0 spiro atoms. The molecule has 0 aromatic rings. The summed E-state index contributed by atoms with van der Waals surface area (Å²) in [5.41, 5.74) is 0. The molecule has 1 aliphatic heterocycles. The summed E-state index contributed by atoms with van der Waals surface area (Å²) in [5, 5.41) is 0. The van der Waals surface area contributed by atoms with Gasteiger partial charge in [-0.05, 0) is 103 Å². The Kier molecular flexibility index (Phi) is 72.2. The zero-order valence-electron chi connectivity index (χ0n) is 51.4. The van der Waals surface area contributed by atoms with Crippen molar-refractivity contribution < 1.29 is 33.4 Å². The lowest BCUT2D eigenvalue weighted by Crippen LogP contribution is -2.39. The first-order valence-corrected chi connectivity index (χ1v) is 32.4. The minimum absolute atomic E-state index is 0.250. The molecule has 0 bridgehead atoms. The number of amides is 1. The number of hydrogen-bond acceptors (Lipinski definition) is 8. The van der Waals surface area contributed by atoms with E-state index in [1.165, 1.54) is 225 Å². The average molecular weight is 1060 g/mol. The Morgan fingerprint density at radius 2 is 0.800 bits per heavy atom. The van der Waals surface area contributed by atoms with E-state index in [1.54, 1.807) is 14.2 Å². The van der Waals surface area contributed by atoms with Crippen molar-refractivity contribution in [3.63, 3.8) is 0 Å². The number of carbonyl (C=O) groups is 4. The highest BCUT2D eigenvalue weighted by molar-refractivity contribution is 5.76. The molecule has 1 heterocycles. The number of aldehydes is 3. The van der Waals surface area contributed by atoms with Crippen LogP contribution in [0.15, 0.2) is 12.2 Å². The number of hydrogen-bond donors (Lipinski definition) is 0. The van der Waals surface area contributed by atoms with E-state index in [9.17, 15) is 19.2 Å². The van der Waals surface area contributed by atoms with Gasteiger partial charge < -0.3 is 38.4 Å². The average Bonchev–Trinajstić information content (AvgIpc) is 3.95. The molecule has 1 amide bonds. The molecule has 1 saturated heterocycles. The summed E-state index contributed by atoms with van der Waals surface area (Å²) in [6.45, 7) is 15.5. The van der Waals surface area contributed by atoms with E-state index in [0.29, 0.717) is 44.5 Å². The standard InChI is InChI=1S/C22H44N2O3.C18H38O.C18H34O.C8H14O2/c1-4-5-6-7-8-9-13-22(25)24(18-21(19-26-2)20-27-3)17-12-16-23-14-10-11-15-23;1-4-6-8-10-12-14-16-18(19-3)17-15-13-11-9-7-5-2;1-2-3-4-5-6-7-8-9-10-11-12-13-14-15-16-17-18-19;9-7-5-3-1-2-4-6-8-10/h21H,4-20H2,1-3H3;18H,4-17H2,1-3H3;9-10,18H,2-8,11-17H2,1H3;7-8H,1-6H2/b;;10-9-;. The molecule has 0 aromatic heterocycles. The second-order valence-corrected chi connectivity index (χ2v) is 21.9. The fraction of sp³-hybridized carbons (Fsp3) is 0.909. The molecular weight excluding hydrogens is 933 g/mol. The first kappa shape index (κ1) is 77.3. The Bertz CT molecular complexity index is 1100. The predicted molar refractivity (Wildman–Crippen MR) is 324 cm³/mol. The monoisotopic (exact) mass is 1060 g/mol. The van der Waals surface area contributed by atoms with Crippen LogP contribution in [0.1, 0.15) is 310 Å². The van der Waals surface area contributed by atoms with Crippen LogP contribution in [0, 0.1) is 5.92 Å². The molecule has 1 aliphatic rings. The lowest BCUT2D eigenvalue weighted by atomic mass is 10.0. The van der Waals surface area contributed by atoms with Crippen LogP contribution < -0.4 is 0 Å². The van der Waals surface area contributed by atoms with E-state index in [1.807, 2.05) is 7.11 Å². The van der Waals surface area contributed by atoms with Crippen molar-refractivity contribution in [1.29, 1.82) is 0 Å². The van der Waals surface area contributed by atoms with Gasteiger partial charge in [-0.2, -0.15) is 0 Å². The van der Waals surface area contributed by atoms with Gasteiger partial charge >= 0.3 is 0 Å². The third kappa shape index (κ3) is 64.5. The number of carbonyl (C=O) groups excluding carboxylic acids is 4. The first-order chi connectivity index (χ1) is 36.9. The van der Waals surface area contributed by atoms with Crippen LogP contribution in [0.2, 0.25) is 0 Å². The lowest BCUT2D eigenvalue weighted by Gasteiger charge is -2.28. The van der Waals surface area contributed by atoms with Gasteiger partial charge in [-0.15, -0.1) is 0 Å². The van der Waals surface area contributed by atoms with E-state index < -0.39 is 0 Å². The molecule has 0 unspecified atom stereocenters. The number of methoxy groups -OCH3 is 3. The zero-order chi connectivity index (χ0) is 55.6. The number of ether oxygens (including phenoxy) is 3. The fourth-order valence-corrected chi connectivity index (χ4v) is 9.75. The molecule has 1 fully saturated rings. The van der Waals surface area contributed by atoms with Gasteiger partial charge in [-0.1, -0.05) is 213 Å². The summed E-state index contributed by atoms with van der Waals surface area (Å²) in [4.78, 5) is 47.2. The van der Waals surface area contributed by atoms with Crippen LogP contribution in [-0.2, 0) is 33.4 Å².